The first-order valence-corrected chi connectivity index (χ1v) is 5.77. The molecule has 1 aromatic carbocycles. The predicted octanol–water partition coefficient (Wildman–Crippen LogP) is 3.28. The molecule has 0 radical (unpaired) electrons. The highest BCUT2D eigenvalue weighted by atomic mass is 16.3. The summed E-state index contributed by atoms with van der Waals surface area (Å²) in [5.41, 5.74) is 3.22. The summed E-state index contributed by atoms with van der Waals surface area (Å²) in [6, 6.07) is 12.1. The Kier molecular flexibility index (Phi) is 2.84. The molecule has 0 aliphatic carbocycles. The van der Waals surface area contributed by atoms with Gasteiger partial charge in [0, 0.05) is 23.1 Å². The number of anilines is 1. The lowest BCUT2D eigenvalue weighted by Crippen LogP contribution is -1.99. The van der Waals surface area contributed by atoms with Crippen LogP contribution in [0.3, 0.4) is 0 Å². The molecular formula is C14H13N3O. The van der Waals surface area contributed by atoms with E-state index in [4.69, 9.17) is 4.42 Å². The summed E-state index contributed by atoms with van der Waals surface area (Å²) in [6.07, 6.45) is 5.07. The molecule has 0 saturated heterocycles. The fourth-order valence-electron chi connectivity index (χ4n) is 1.82. The monoisotopic (exact) mass is 239 g/mol. The van der Waals surface area contributed by atoms with Gasteiger partial charge >= 0.3 is 0 Å². The summed E-state index contributed by atoms with van der Waals surface area (Å²) in [7, 11) is 0. The quantitative estimate of drug-likeness (QED) is 0.734. The van der Waals surface area contributed by atoms with Crippen molar-refractivity contribution in [3.8, 4) is 11.3 Å². The van der Waals surface area contributed by atoms with E-state index in [-0.39, 0.29) is 0 Å². The number of benzene rings is 1. The van der Waals surface area contributed by atoms with Crippen LogP contribution in [0.5, 0.6) is 0 Å². The van der Waals surface area contributed by atoms with Crippen LogP contribution in [-0.2, 0) is 6.54 Å². The van der Waals surface area contributed by atoms with E-state index in [1.54, 1.807) is 6.20 Å². The van der Waals surface area contributed by atoms with Crippen molar-refractivity contribution in [3.63, 3.8) is 0 Å². The van der Waals surface area contributed by atoms with E-state index in [2.05, 4.69) is 15.3 Å². The van der Waals surface area contributed by atoms with Crippen LogP contribution in [0.1, 0.15) is 5.69 Å². The summed E-state index contributed by atoms with van der Waals surface area (Å²) >= 11 is 0. The Labute approximate surface area is 105 Å². The number of aromatic amines is 1. The van der Waals surface area contributed by atoms with E-state index in [1.165, 1.54) is 6.39 Å². The van der Waals surface area contributed by atoms with Crippen LogP contribution in [0.15, 0.2) is 59.6 Å². The second-order valence-corrected chi connectivity index (χ2v) is 4.00. The van der Waals surface area contributed by atoms with Gasteiger partial charge in [0.1, 0.15) is 0 Å². The normalized spacial score (nSPS) is 10.4. The molecule has 0 atom stereocenters. The summed E-state index contributed by atoms with van der Waals surface area (Å²) in [6.45, 7) is 0.771. The van der Waals surface area contributed by atoms with Crippen molar-refractivity contribution in [2.24, 2.45) is 0 Å². The number of nitrogens with zero attached hydrogens (tertiary/aromatic N) is 1. The van der Waals surface area contributed by atoms with Gasteiger partial charge in [-0.05, 0) is 24.3 Å². The summed E-state index contributed by atoms with van der Waals surface area (Å²) < 4.78 is 5.28. The Bertz CT molecular complexity index is 600. The van der Waals surface area contributed by atoms with Crippen molar-refractivity contribution in [2.75, 3.05) is 5.32 Å². The summed E-state index contributed by atoms with van der Waals surface area (Å²) in [4.78, 5) is 7.08. The van der Waals surface area contributed by atoms with Crippen molar-refractivity contribution in [1.29, 1.82) is 0 Å². The maximum Gasteiger partial charge on any atom is 0.181 e. The maximum absolute atomic E-state index is 5.28. The molecular weight excluding hydrogens is 226 g/mol. The van der Waals surface area contributed by atoms with Crippen LogP contribution in [0.2, 0.25) is 0 Å². The lowest BCUT2D eigenvalue weighted by atomic mass is 10.1. The number of aromatic nitrogens is 2. The van der Waals surface area contributed by atoms with Gasteiger partial charge in [-0.3, -0.25) is 0 Å². The SMILES string of the molecule is c1cc(NCc2ccc[nH]2)cc(-c2cnco2)c1. The van der Waals surface area contributed by atoms with Gasteiger partial charge in [-0.25, -0.2) is 4.98 Å². The van der Waals surface area contributed by atoms with Crippen molar-refractivity contribution in [3.05, 3.63) is 60.9 Å². The molecule has 0 amide bonds. The van der Waals surface area contributed by atoms with Gasteiger partial charge in [0.2, 0.25) is 0 Å². The van der Waals surface area contributed by atoms with Crippen molar-refractivity contribution in [2.45, 2.75) is 6.54 Å². The van der Waals surface area contributed by atoms with Crippen LogP contribution in [0, 0.1) is 0 Å². The van der Waals surface area contributed by atoms with Gasteiger partial charge in [-0.2, -0.15) is 0 Å². The molecule has 0 bridgehead atoms. The van der Waals surface area contributed by atoms with Gasteiger partial charge < -0.3 is 14.7 Å². The standard InChI is InChI=1S/C14H13N3O/c1-3-11(14-9-15-10-18-14)7-12(4-1)17-8-13-5-2-6-16-13/h1-7,9-10,16-17H,8H2. The zero-order chi connectivity index (χ0) is 12.2. The molecule has 90 valence electrons. The van der Waals surface area contributed by atoms with E-state index in [0.29, 0.717) is 0 Å². The minimum Gasteiger partial charge on any atom is -0.444 e. The summed E-state index contributed by atoms with van der Waals surface area (Å²) in [5.74, 6) is 0.776. The Morgan fingerprint density at radius 1 is 1.22 bits per heavy atom. The van der Waals surface area contributed by atoms with Crippen LogP contribution < -0.4 is 5.32 Å². The Morgan fingerprint density at radius 3 is 3.00 bits per heavy atom. The van der Waals surface area contributed by atoms with E-state index in [9.17, 15) is 0 Å². The van der Waals surface area contributed by atoms with E-state index in [1.807, 2.05) is 42.6 Å². The molecule has 0 unspecified atom stereocenters. The highest BCUT2D eigenvalue weighted by Gasteiger charge is 2.02. The first-order chi connectivity index (χ1) is 8.92. The molecule has 4 nitrogen and oxygen atoms in total. The maximum atomic E-state index is 5.28. The fraction of sp³-hybridized carbons (Fsp3) is 0.0714. The summed E-state index contributed by atoms with van der Waals surface area (Å²) in [5, 5.41) is 3.36. The third kappa shape index (κ3) is 2.27. The predicted molar refractivity (Wildman–Crippen MR) is 70.1 cm³/mol. The minimum absolute atomic E-state index is 0.771. The number of hydrogen-bond donors (Lipinski definition) is 2. The highest BCUT2D eigenvalue weighted by molar-refractivity contribution is 5.63. The van der Waals surface area contributed by atoms with E-state index >= 15 is 0 Å². The molecule has 4 heteroatoms. The number of rotatable bonds is 4. The van der Waals surface area contributed by atoms with Gasteiger partial charge in [0.15, 0.2) is 12.2 Å². The molecule has 3 rings (SSSR count). The smallest absolute Gasteiger partial charge is 0.181 e. The first-order valence-electron chi connectivity index (χ1n) is 5.77. The largest absolute Gasteiger partial charge is 0.444 e. The van der Waals surface area contributed by atoms with Gasteiger partial charge in [0.05, 0.1) is 12.7 Å². The second-order valence-electron chi connectivity index (χ2n) is 4.00. The number of oxazole rings is 1. The highest BCUT2D eigenvalue weighted by Crippen LogP contribution is 2.22. The molecule has 2 N–H and O–H groups in total. The number of hydrogen-bond acceptors (Lipinski definition) is 3. The molecule has 0 aliphatic heterocycles. The average Bonchev–Trinajstić information content (AvgIpc) is 3.10. The third-order valence-corrected chi connectivity index (χ3v) is 2.72. The molecule has 0 fully saturated rings. The van der Waals surface area contributed by atoms with E-state index in [0.717, 1.165) is 29.2 Å². The molecule has 0 spiro atoms. The Balaban J connectivity index is 1.75. The second kappa shape index (κ2) is 4.79. The van der Waals surface area contributed by atoms with E-state index < -0.39 is 0 Å². The zero-order valence-electron chi connectivity index (χ0n) is 9.76. The minimum atomic E-state index is 0.771. The molecule has 2 aromatic heterocycles. The average molecular weight is 239 g/mol. The molecule has 0 aliphatic rings. The van der Waals surface area contributed by atoms with Crippen molar-refractivity contribution in [1.82, 2.24) is 9.97 Å². The van der Waals surface area contributed by atoms with Crippen LogP contribution in [0.4, 0.5) is 5.69 Å². The Morgan fingerprint density at radius 2 is 2.22 bits per heavy atom. The van der Waals surface area contributed by atoms with Crippen molar-refractivity contribution >= 4 is 5.69 Å². The van der Waals surface area contributed by atoms with Crippen LogP contribution in [-0.4, -0.2) is 9.97 Å². The number of H-pyrrole nitrogens is 1. The zero-order valence-corrected chi connectivity index (χ0v) is 9.76. The van der Waals surface area contributed by atoms with Gasteiger partial charge in [-0.1, -0.05) is 12.1 Å². The van der Waals surface area contributed by atoms with Crippen LogP contribution in [0.25, 0.3) is 11.3 Å². The molecule has 0 saturated carbocycles. The third-order valence-electron chi connectivity index (χ3n) is 2.72. The molecule has 18 heavy (non-hydrogen) atoms. The lowest BCUT2D eigenvalue weighted by molar-refractivity contribution is 0.572. The van der Waals surface area contributed by atoms with Crippen molar-refractivity contribution < 1.29 is 4.42 Å². The molecule has 3 aromatic rings. The van der Waals surface area contributed by atoms with Gasteiger partial charge in [-0.15, -0.1) is 0 Å². The van der Waals surface area contributed by atoms with Crippen LogP contribution >= 0.6 is 0 Å². The fourth-order valence-corrected chi connectivity index (χ4v) is 1.82. The number of nitrogens with one attached hydrogen (secondary N) is 2. The Hall–Kier alpha value is -2.49. The topological polar surface area (TPSA) is 53.9 Å². The lowest BCUT2D eigenvalue weighted by Gasteiger charge is -2.06. The molecule has 2 heterocycles. The first kappa shape index (κ1) is 10.7. The van der Waals surface area contributed by atoms with Gasteiger partial charge in [0.25, 0.3) is 0 Å².